The maximum atomic E-state index is 12.5. The van der Waals surface area contributed by atoms with Crippen molar-refractivity contribution in [1.29, 1.82) is 0 Å². The van der Waals surface area contributed by atoms with E-state index in [9.17, 15) is 29.4 Å². The fourth-order valence-corrected chi connectivity index (χ4v) is 13.3. The molecule has 352 valence electrons. The summed E-state index contributed by atoms with van der Waals surface area (Å²) in [5.74, 6) is -0.786. The van der Waals surface area contributed by atoms with Crippen LogP contribution in [0.15, 0.2) is 0 Å². The molecule has 3 saturated heterocycles. The molecule has 0 bridgehead atoms. The van der Waals surface area contributed by atoms with Crippen LogP contribution in [0.2, 0.25) is 0 Å². The molecule has 7 fully saturated rings. The maximum absolute atomic E-state index is 12.5. The molecule has 2 N–H and O–H groups in total. The summed E-state index contributed by atoms with van der Waals surface area (Å²) in [4.78, 5) is 48.6. The third-order valence-corrected chi connectivity index (χ3v) is 16.3. The quantitative estimate of drug-likeness (QED) is 0.159. The molecule has 3 aliphatic heterocycles. The van der Waals surface area contributed by atoms with E-state index >= 15 is 0 Å². The van der Waals surface area contributed by atoms with E-state index in [0.717, 1.165) is 57.8 Å². The van der Waals surface area contributed by atoms with Crippen molar-refractivity contribution in [1.82, 2.24) is 0 Å². The standard InChI is InChI=1S/C46H72O16/c1-23-41(59-29(7)51)35(56-26(4)48)20-39(54-23)61-43-25(3)55-40(21-37(43)58-28(6)50)62-42-24(2)53-38(19-36(42)57-27(5)49)60-32-13-15-44(8)30(18-32)10-11-34-33(44)14-16-45(9)31(22-47)12-17-46(34,45)52/h23-25,30-43,47,52H,10-22H2,1-9H3/t23-,24-,25-,30-,31-,32+,33+,34-,35+,36+,37+,38+,39+,40+,41-,42-,43-,44+,45-,46+/m1/s1. The van der Waals surface area contributed by atoms with Crippen LogP contribution < -0.4 is 0 Å². The summed E-state index contributed by atoms with van der Waals surface area (Å²) < 4.78 is 61.1. The highest BCUT2D eigenvalue weighted by Crippen LogP contribution is 2.69. The van der Waals surface area contributed by atoms with Crippen LogP contribution in [0.25, 0.3) is 0 Å². The summed E-state index contributed by atoms with van der Waals surface area (Å²) >= 11 is 0. The Balaban J connectivity index is 0.966. The van der Waals surface area contributed by atoms with Gasteiger partial charge in [0, 0.05) is 59.0 Å². The monoisotopic (exact) mass is 880 g/mol. The Morgan fingerprint density at radius 2 is 1.05 bits per heavy atom. The molecule has 7 aliphatic rings. The Hall–Kier alpha value is -2.44. The summed E-state index contributed by atoms with van der Waals surface area (Å²) in [6.07, 6.45) is -0.256. The van der Waals surface area contributed by atoms with Crippen molar-refractivity contribution in [3.63, 3.8) is 0 Å². The fourth-order valence-electron chi connectivity index (χ4n) is 13.3. The van der Waals surface area contributed by atoms with Crippen LogP contribution in [0, 0.1) is 34.5 Å². The van der Waals surface area contributed by atoms with Gasteiger partial charge in [-0.2, -0.15) is 0 Å². The van der Waals surface area contributed by atoms with E-state index in [1.807, 2.05) is 6.92 Å². The third kappa shape index (κ3) is 9.45. The lowest BCUT2D eigenvalue weighted by molar-refractivity contribution is -0.337. The molecule has 0 aromatic carbocycles. The second-order valence-electron chi connectivity index (χ2n) is 20.1. The van der Waals surface area contributed by atoms with Crippen LogP contribution in [0.3, 0.4) is 0 Å². The zero-order chi connectivity index (χ0) is 44.9. The first kappa shape index (κ1) is 47.5. The van der Waals surface area contributed by atoms with Gasteiger partial charge in [-0.1, -0.05) is 13.8 Å². The van der Waals surface area contributed by atoms with Crippen LogP contribution in [0.4, 0.5) is 0 Å². The van der Waals surface area contributed by atoms with Crippen molar-refractivity contribution in [3.8, 4) is 0 Å². The summed E-state index contributed by atoms with van der Waals surface area (Å²) in [7, 11) is 0. The highest BCUT2D eigenvalue weighted by Gasteiger charge is 2.67. The third-order valence-electron chi connectivity index (χ3n) is 16.3. The van der Waals surface area contributed by atoms with Gasteiger partial charge in [-0.05, 0) is 108 Å². The Kier molecular flexibility index (Phi) is 14.4. The van der Waals surface area contributed by atoms with E-state index in [2.05, 4.69) is 13.8 Å². The number of fused-ring (bicyclic) bond motifs is 5. The lowest BCUT2D eigenvalue weighted by Crippen LogP contribution is -2.62. The molecule has 4 saturated carbocycles. The average molecular weight is 881 g/mol. The van der Waals surface area contributed by atoms with Gasteiger partial charge >= 0.3 is 23.9 Å². The Bertz CT molecular complexity index is 1630. The minimum atomic E-state index is -0.915. The molecule has 0 amide bonds. The molecule has 4 aliphatic carbocycles. The first-order valence-corrected chi connectivity index (χ1v) is 23.2. The number of aliphatic hydroxyl groups is 2. The minimum Gasteiger partial charge on any atom is -0.459 e. The molecule has 16 nitrogen and oxygen atoms in total. The largest absolute Gasteiger partial charge is 0.459 e. The zero-order valence-electron chi connectivity index (χ0n) is 38.1. The van der Waals surface area contributed by atoms with Crippen molar-refractivity contribution >= 4 is 23.9 Å². The normalized spacial score (nSPS) is 47.8. The summed E-state index contributed by atoms with van der Waals surface area (Å²) in [5.41, 5.74) is -0.853. The molecule has 7 rings (SSSR count). The Morgan fingerprint density at radius 1 is 0.565 bits per heavy atom. The van der Waals surface area contributed by atoms with Gasteiger partial charge in [-0.15, -0.1) is 0 Å². The van der Waals surface area contributed by atoms with Crippen LogP contribution in [0.5, 0.6) is 0 Å². The van der Waals surface area contributed by atoms with Crippen molar-refractivity contribution < 1.29 is 76.8 Å². The number of rotatable bonds is 11. The van der Waals surface area contributed by atoms with Gasteiger partial charge in [0.05, 0.1) is 30.0 Å². The van der Waals surface area contributed by atoms with Gasteiger partial charge in [-0.25, -0.2) is 0 Å². The van der Waals surface area contributed by atoms with Gasteiger partial charge in [0.2, 0.25) is 0 Å². The van der Waals surface area contributed by atoms with Crippen molar-refractivity contribution in [2.45, 2.75) is 225 Å². The van der Waals surface area contributed by atoms with Crippen LogP contribution >= 0.6 is 0 Å². The minimum absolute atomic E-state index is 0.0311. The SMILES string of the molecule is CC(=O)O[C@H]1[C@@H](OC(C)=O)C[C@H](O[C@H]2[C@@H](OC(C)=O)C[C@H](O[C@H]3[C@@H](OC(C)=O)C[C@H](O[C@H]4CC[C@@]5(C)[C@H](CC[C@@H]6[C@@H]5CC[C@]5(C)[C@@H](CO)CC[C@]65O)C4)O[C@@H]3C)O[C@@H]2C)O[C@@H]1C. The van der Waals surface area contributed by atoms with E-state index < -0.39 is 103 Å². The number of esters is 4. The fraction of sp³-hybridized carbons (Fsp3) is 0.913. The van der Waals surface area contributed by atoms with Crippen LogP contribution in [-0.2, 0) is 66.5 Å². The number of carbonyl (C=O) groups is 4. The van der Waals surface area contributed by atoms with E-state index in [-0.39, 0.29) is 54.6 Å². The maximum Gasteiger partial charge on any atom is 0.303 e. The predicted molar refractivity (Wildman–Crippen MR) is 217 cm³/mol. The van der Waals surface area contributed by atoms with Gasteiger partial charge in [-0.3, -0.25) is 19.2 Å². The second-order valence-corrected chi connectivity index (χ2v) is 20.1. The number of ether oxygens (including phenoxy) is 10. The van der Waals surface area contributed by atoms with Gasteiger partial charge in [0.1, 0.15) is 30.5 Å². The zero-order valence-corrected chi connectivity index (χ0v) is 38.1. The van der Waals surface area contributed by atoms with Gasteiger partial charge < -0.3 is 57.6 Å². The van der Waals surface area contributed by atoms with Crippen molar-refractivity contribution in [2.24, 2.45) is 34.5 Å². The van der Waals surface area contributed by atoms with Crippen LogP contribution in [-0.4, -0.2) is 126 Å². The number of aliphatic hydroxyl groups excluding tert-OH is 1. The number of hydrogen-bond acceptors (Lipinski definition) is 16. The summed E-state index contributed by atoms with van der Waals surface area (Å²) in [6, 6.07) is 0. The lowest BCUT2D eigenvalue weighted by Gasteiger charge is -2.63. The summed E-state index contributed by atoms with van der Waals surface area (Å²) in [6.45, 7) is 15.3. The molecular formula is C46H72O16. The Labute approximate surface area is 365 Å². The highest BCUT2D eigenvalue weighted by atomic mass is 16.8. The molecule has 0 aromatic rings. The first-order chi connectivity index (χ1) is 29.2. The lowest BCUT2D eigenvalue weighted by atomic mass is 9.43. The molecule has 0 radical (unpaired) electrons. The van der Waals surface area contributed by atoms with Crippen molar-refractivity contribution in [3.05, 3.63) is 0 Å². The smallest absolute Gasteiger partial charge is 0.303 e. The second kappa shape index (κ2) is 18.8. The summed E-state index contributed by atoms with van der Waals surface area (Å²) in [5, 5.41) is 22.5. The number of hydrogen-bond donors (Lipinski definition) is 2. The molecule has 62 heavy (non-hydrogen) atoms. The molecular weight excluding hydrogens is 808 g/mol. The van der Waals surface area contributed by atoms with E-state index in [0.29, 0.717) is 11.8 Å². The topological polar surface area (TPSA) is 201 Å². The molecule has 3 heterocycles. The molecule has 16 heteroatoms. The van der Waals surface area contributed by atoms with Gasteiger partial charge in [0.15, 0.2) is 25.0 Å². The Morgan fingerprint density at radius 3 is 1.55 bits per heavy atom. The van der Waals surface area contributed by atoms with E-state index in [4.69, 9.17) is 47.4 Å². The van der Waals surface area contributed by atoms with E-state index in [1.54, 1.807) is 13.8 Å². The average Bonchev–Trinajstić information content (AvgIpc) is 3.45. The highest BCUT2D eigenvalue weighted by molar-refractivity contribution is 5.67. The van der Waals surface area contributed by atoms with E-state index in [1.165, 1.54) is 27.7 Å². The molecule has 20 atom stereocenters. The predicted octanol–water partition coefficient (Wildman–Crippen LogP) is 5.04. The first-order valence-electron chi connectivity index (χ1n) is 23.2. The van der Waals surface area contributed by atoms with Crippen molar-refractivity contribution in [2.75, 3.05) is 6.61 Å². The molecule has 0 aromatic heterocycles. The molecule has 0 unspecified atom stereocenters. The number of carbonyl (C=O) groups excluding carboxylic acids is 4. The molecule has 0 spiro atoms. The van der Waals surface area contributed by atoms with Crippen LogP contribution in [0.1, 0.15) is 139 Å². The van der Waals surface area contributed by atoms with Gasteiger partial charge in [0.25, 0.3) is 0 Å².